The van der Waals surface area contributed by atoms with Crippen molar-refractivity contribution in [3.63, 3.8) is 0 Å². The molecule has 1 aliphatic rings. The first-order valence-electron chi connectivity index (χ1n) is 17.6. The highest BCUT2D eigenvalue weighted by Gasteiger charge is 2.29. The highest BCUT2D eigenvalue weighted by atomic mass is 16.3. The minimum Gasteiger partial charge on any atom is -0.508 e. The number of hydrogen-bond acceptors (Lipinski definition) is 12. The molecule has 12 nitrogen and oxygen atoms in total. The number of likely N-dealkylation sites (N-methyl/N-ethyl adjacent to an activating group) is 3. The van der Waals surface area contributed by atoms with Crippen molar-refractivity contribution >= 4 is 17.3 Å². The number of anilines is 2. The van der Waals surface area contributed by atoms with Crippen molar-refractivity contribution in [2.24, 2.45) is 0 Å². The van der Waals surface area contributed by atoms with Crippen molar-refractivity contribution in [3.05, 3.63) is 72.6 Å². The Labute approximate surface area is 295 Å². The van der Waals surface area contributed by atoms with E-state index in [-0.39, 0.29) is 0 Å². The summed E-state index contributed by atoms with van der Waals surface area (Å²) in [6.45, 7) is 21.1. The first-order valence-corrected chi connectivity index (χ1v) is 17.6. The summed E-state index contributed by atoms with van der Waals surface area (Å²) < 4.78 is 0. The molecule has 0 aliphatic carbocycles. The predicted octanol–water partition coefficient (Wildman–Crippen LogP) is 4.56. The summed E-state index contributed by atoms with van der Waals surface area (Å²) in [6.07, 6.45) is 9.86. The summed E-state index contributed by atoms with van der Waals surface area (Å²) in [6, 6.07) is 10.4. The average molecular weight is 681 g/mol. The van der Waals surface area contributed by atoms with Crippen LogP contribution in [0.15, 0.2) is 55.5 Å². The largest absolute Gasteiger partial charge is 0.508 e. The monoisotopic (exact) mass is 681 g/mol. The van der Waals surface area contributed by atoms with Gasteiger partial charge in [-0.1, -0.05) is 52.8 Å². The van der Waals surface area contributed by atoms with Crippen molar-refractivity contribution in [2.75, 3.05) is 71.1 Å². The number of rotatable bonds is 15. The minimum absolute atomic E-state index is 0.324. The third kappa shape index (κ3) is 15.5. The lowest BCUT2D eigenvalue weighted by atomic mass is 9.98. The molecule has 0 bridgehead atoms. The highest BCUT2D eigenvalue weighted by molar-refractivity contribution is 5.68. The van der Waals surface area contributed by atoms with E-state index in [0.29, 0.717) is 35.0 Å². The van der Waals surface area contributed by atoms with E-state index in [1.165, 1.54) is 18.4 Å². The Morgan fingerprint density at radius 1 is 1.06 bits per heavy atom. The number of phenols is 1. The number of nitrogens with two attached hydrogens (primary N) is 1. The van der Waals surface area contributed by atoms with Crippen LogP contribution in [0.4, 0.5) is 11.6 Å². The summed E-state index contributed by atoms with van der Waals surface area (Å²) in [4.78, 5) is 24.4. The van der Waals surface area contributed by atoms with E-state index in [2.05, 4.69) is 72.7 Å². The van der Waals surface area contributed by atoms with Crippen molar-refractivity contribution in [2.45, 2.75) is 78.9 Å². The smallest absolute Gasteiger partial charge is 0.153 e. The second-order valence-electron chi connectivity index (χ2n) is 11.6. The lowest BCUT2D eigenvalue weighted by Gasteiger charge is -2.43. The molecule has 4 rings (SSSR count). The maximum absolute atomic E-state index is 9.56. The number of aryl methyl sites for hydroxylation is 1. The lowest BCUT2D eigenvalue weighted by Crippen LogP contribution is -2.52. The molecule has 12 heteroatoms. The van der Waals surface area contributed by atoms with Crippen LogP contribution in [0.25, 0.3) is 5.70 Å². The molecular formula is C37H64N10O2. The predicted molar refractivity (Wildman–Crippen MR) is 204 cm³/mol. The van der Waals surface area contributed by atoms with E-state index in [1.807, 2.05) is 40.0 Å². The van der Waals surface area contributed by atoms with E-state index in [0.717, 1.165) is 77.4 Å². The van der Waals surface area contributed by atoms with Crippen molar-refractivity contribution in [1.82, 2.24) is 40.4 Å². The maximum Gasteiger partial charge on any atom is 0.153 e. The molecule has 0 amide bonds. The fourth-order valence-corrected chi connectivity index (χ4v) is 5.79. The summed E-state index contributed by atoms with van der Waals surface area (Å²) >= 11 is 0. The van der Waals surface area contributed by atoms with Crippen LogP contribution in [-0.2, 0) is 6.54 Å². The minimum atomic E-state index is 0.324. The van der Waals surface area contributed by atoms with Gasteiger partial charge in [-0.2, -0.15) is 0 Å². The van der Waals surface area contributed by atoms with Crippen molar-refractivity contribution in [3.8, 4) is 5.75 Å². The Hall–Kier alpha value is -3.84. The van der Waals surface area contributed by atoms with Crippen LogP contribution in [0.1, 0.15) is 70.5 Å². The van der Waals surface area contributed by atoms with Gasteiger partial charge in [-0.3, -0.25) is 9.80 Å². The lowest BCUT2D eigenvalue weighted by molar-refractivity contribution is 0.0734. The number of aliphatic hydroxyl groups excluding tert-OH is 1. The molecule has 1 fully saturated rings. The summed E-state index contributed by atoms with van der Waals surface area (Å²) in [5, 5.41) is 22.9. The van der Waals surface area contributed by atoms with Crippen LogP contribution >= 0.6 is 0 Å². The normalized spacial score (nSPS) is 13.5. The summed E-state index contributed by atoms with van der Waals surface area (Å²) in [5.74, 6) is 2.33. The zero-order chi connectivity index (χ0) is 36.6. The van der Waals surface area contributed by atoms with Crippen molar-refractivity contribution < 1.29 is 10.2 Å². The van der Waals surface area contributed by atoms with Gasteiger partial charge in [0.1, 0.15) is 23.1 Å². The van der Waals surface area contributed by atoms with Gasteiger partial charge in [-0.15, -0.1) is 0 Å². The fourth-order valence-electron chi connectivity index (χ4n) is 5.79. The Morgan fingerprint density at radius 2 is 1.69 bits per heavy atom. The van der Waals surface area contributed by atoms with Gasteiger partial charge < -0.3 is 31.5 Å². The first-order chi connectivity index (χ1) is 23.7. The SMILES string of the molecule is C=C(NCCNC)c1ncc(N(C)CC(CCC)N(CC)C2CCN(Cc3ccc(O)cc3)CC2)nc1N.CC.CO.Cc1ncccn1. The molecule has 49 heavy (non-hydrogen) atoms. The van der Waals surface area contributed by atoms with Gasteiger partial charge in [-0.05, 0) is 76.6 Å². The van der Waals surface area contributed by atoms with Gasteiger partial charge in [-0.25, -0.2) is 19.9 Å². The molecule has 0 radical (unpaired) electrons. The van der Waals surface area contributed by atoms with E-state index in [9.17, 15) is 5.11 Å². The molecule has 3 aromatic rings. The summed E-state index contributed by atoms with van der Waals surface area (Å²) in [5.41, 5.74) is 8.84. The quantitative estimate of drug-likeness (QED) is 0.143. The van der Waals surface area contributed by atoms with E-state index in [4.69, 9.17) is 10.8 Å². The van der Waals surface area contributed by atoms with Crippen LogP contribution in [-0.4, -0.2) is 113 Å². The molecule has 1 unspecified atom stereocenters. The number of benzene rings is 1. The van der Waals surface area contributed by atoms with Crippen LogP contribution in [0.3, 0.4) is 0 Å². The maximum atomic E-state index is 9.56. The average Bonchev–Trinajstić information content (AvgIpc) is 3.12. The second-order valence-corrected chi connectivity index (χ2v) is 11.6. The zero-order valence-electron chi connectivity index (χ0n) is 31.4. The standard InChI is InChI=1S/C29H48N8O.C5H6N2.C2H6.CH4O/c1-6-8-25(21-35(5)27-19-33-28(29(30)34-27)22(3)32-16-15-31-4)37(7-2)24-13-17-36(18-14-24)20-23-9-11-26(38)12-10-23;1-5-6-3-2-4-7-5;2*1-2/h9-12,19,24-25,31-32,38H,3,6-8,13-18,20-21H2,1-2,4-5H3,(H2,30,34);2-4H,1H3;1-2H3;2H,1H3. The number of aromatic nitrogens is 4. The van der Waals surface area contributed by atoms with Crippen LogP contribution in [0, 0.1) is 6.92 Å². The van der Waals surface area contributed by atoms with Crippen LogP contribution in [0.2, 0.25) is 0 Å². The Morgan fingerprint density at radius 3 is 2.20 bits per heavy atom. The number of piperidine rings is 1. The molecule has 0 spiro atoms. The van der Waals surface area contributed by atoms with Crippen LogP contribution < -0.4 is 21.3 Å². The number of nitrogen functional groups attached to an aromatic ring is 1. The van der Waals surface area contributed by atoms with Gasteiger partial charge in [0.05, 0.1) is 11.9 Å². The topological polar surface area (TPSA) is 152 Å². The molecule has 3 heterocycles. The van der Waals surface area contributed by atoms with Gasteiger partial charge in [0.15, 0.2) is 5.82 Å². The molecule has 1 atom stereocenters. The molecule has 2 aromatic heterocycles. The zero-order valence-corrected chi connectivity index (χ0v) is 31.4. The molecule has 0 saturated carbocycles. The molecule has 1 aromatic carbocycles. The Bertz CT molecular complexity index is 1270. The van der Waals surface area contributed by atoms with E-state index in [1.54, 1.807) is 36.8 Å². The number of nitrogens with zero attached hydrogens (tertiary/aromatic N) is 7. The van der Waals surface area contributed by atoms with E-state index >= 15 is 0 Å². The Kier molecular flexibility index (Phi) is 22.2. The van der Waals surface area contributed by atoms with Gasteiger partial charge in [0.2, 0.25) is 0 Å². The molecule has 6 N–H and O–H groups in total. The Balaban J connectivity index is 0.000000942. The number of phenolic OH excluding ortho intramolecular Hbond substituents is 1. The van der Waals surface area contributed by atoms with Gasteiger partial charge in [0, 0.05) is 64.8 Å². The first kappa shape index (κ1) is 43.2. The number of aliphatic hydroxyl groups is 1. The molecule has 274 valence electrons. The number of likely N-dealkylation sites (tertiary alicyclic amines) is 1. The third-order valence-electron chi connectivity index (χ3n) is 8.18. The second kappa shape index (κ2) is 25.2. The van der Waals surface area contributed by atoms with Gasteiger partial charge in [0.25, 0.3) is 0 Å². The fraction of sp³-hybridized carbons (Fsp3) is 0.568. The number of hydrogen-bond donors (Lipinski definition) is 5. The van der Waals surface area contributed by atoms with Crippen molar-refractivity contribution in [1.29, 1.82) is 0 Å². The summed E-state index contributed by atoms with van der Waals surface area (Å²) in [7, 11) is 5.00. The van der Waals surface area contributed by atoms with E-state index < -0.39 is 0 Å². The van der Waals surface area contributed by atoms with Crippen LogP contribution in [0.5, 0.6) is 5.75 Å². The molecule has 1 aliphatic heterocycles. The third-order valence-corrected chi connectivity index (χ3v) is 8.18. The molecular weight excluding hydrogens is 616 g/mol. The number of aromatic hydroxyl groups is 1. The highest BCUT2D eigenvalue weighted by Crippen LogP contribution is 2.24. The number of nitrogens with one attached hydrogen (secondary N) is 2. The van der Waals surface area contributed by atoms with Gasteiger partial charge >= 0.3 is 0 Å². The molecule has 1 saturated heterocycles.